The molecule has 0 fully saturated rings. The predicted molar refractivity (Wildman–Crippen MR) is 79.8 cm³/mol. The number of hydrogen-bond acceptors (Lipinski definition) is 7. The van der Waals surface area contributed by atoms with E-state index in [1.54, 1.807) is 13.8 Å². The minimum Gasteiger partial charge on any atom is -0.368 e. The van der Waals surface area contributed by atoms with Crippen LogP contribution in [0.3, 0.4) is 0 Å². The van der Waals surface area contributed by atoms with E-state index in [4.69, 9.17) is 5.84 Å². The molecule has 0 aliphatic carbocycles. The Kier molecular flexibility index (Phi) is 5.26. The van der Waals surface area contributed by atoms with E-state index in [0.717, 1.165) is 11.8 Å². The van der Waals surface area contributed by atoms with E-state index in [1.165, 1.54) is 6.33 Å². The van der Waals surface area contributed by atoms with E-state index in [2.05, 4.69) is 25.4 Å². The fourth-order valence-corrected chi connectivity index (χ4v) is 2.94. The van der Waals surface area contributed by atoms with Crippen molar-refractivity contribution >= 4 is 21.7 Å². The molecule has 0 radical (unpaired) electrons. The minimum absolute atomic E-state index is 0.383. The van der Waals surface area contributed by atoms with Crippen LogP contribution >= 0.6 is 0 Å². The van der Waals surface area contributed by atoms with Crippen molar-refractivity contribution in [3.8, 4) is 0 Å². The summed E-state index contributed by atoms with van der Waals surface area (Å²) in [4.78, 5) is 8.20. The molecule has 0 unspecified atom stereocenters. The maximum Gasteiger partial charge on any atom is 0.209 e. The molecule has 1 aromatic heterocycles. The maximum atomic E-state index is 11.3. The third kappa shape index (κ3) is 4.91. The molecule has 1 rings (SSSR count). The summed E-state index contributed by atoms with van der Waals surface area (Å²) in [6.07, 6.45) is 3.23. The van der Waals surface area contributed by atoms with Gasteiger partial charge in [-0.3, -0.25) is 0 Å². The van der Waals surface area contributed by atoms with E-state index in [0.29, 0.717) is 24.6 Å². The van der Waals surface area contributed by atoms with Gasteiger partial charge in [-0.1, -0.05) is 6.92 Å². The summed E-state index contributed by atoms with van der Waals surface area (Å²) in [5, 5.41) is 3.13. The molecule has 5 N–H and O–H groups in total. The lowest BCUT2D eigenvalue weighted by molar-refractivity contribution is 0.475. The van der Waals surface area contributed by atoms with Crippen molar-refractivity contribution in [2.75, 3.05) is 23.5 Å². The molecule has 114 valence electrons. The molecule has 0 aliphatic rings. The molecule has 0 atom stereocenters. The number of rotatable bonds is 7. The topological polar surface area (TPSA) is 122 Å². The average Bonchev–Trinajstić information content (AvgIpc) is 2.32. The smallest absolute Gasteiger partial charge is 0.209 e. The highest BCUT2D eigenvalue weighted by Gasteiger charge is 2.22. The fraction of sp³-hybridized carbons (Fsp3) is 0.636. The molecular formula is C11H22N6O2S. The Morgan fingerprint density at radius 2 is 1.90 bits per heavy atom. The molecule has 0 saturated heterocycles. The van der Waals surface area contributed by atoms with E-state index < -0.39 is 15.6 Å². The summed E-state index contributed by atoms with van der Waals surface area (Å²) in [6.45, 7) is 5.92. The first-order valence-corrected chi connectivity index (χ1v) is 8.11. The predicted octanol–water partition coefficient (Wildman–Crippen LogP) is 0.0643. The Balaban J connectivity index is 2.85. The van der Waals surface area contributed by atoms with Crippen LogP contribution in [0.5, 0.6) is 0 Å². The Bertz CT molecular complexity index is 558. The molecule has 8 nitrogen and oxygen atoms in total. The minimum atomic E-state index is -3.27. The van der Waals surface area contributed by atoms with Crippen molar-refractivity contribution in [1.29, 1.82) is 0 Å². The number of hydrogen-bond donors (Lipinski definition) is 4. The van der Waals surface area contributed by atoms with Crippen LogP contribution in [0.25, 0.3) is 0 Å². The highest BCUT2D eigenvalue weighted by Crippen LogP contribution is 2.20. The zero-order chi connectivity index (χ0) is 15.4. The molecule has 0 spiro atoms. The Morgan fingerprint density at radius 1 is 1.30 bits per heavy atom. The normalized spacial score (nSPS) is 12.2. The van der Waals surface area contributed by atoms with Gasteiger partial charge in [0.05, 0.1) is 6.26 Å². The lowest BCUT2D eigenvalue weighted by atomic mass is 10.1. The van der Waals surface area contributed by atoms with Gasteiger partial charge in [0.25, 0.3) is 0 Å². The summed E-state index contributed by atoms with van der Waals surface area (Å²) in [5.74, 6) is 6.59. The highest BCUT2D eigenvalue weighted by atomic mass is 32.2. The van der Waals surface area contributed by atoms with Gasteiger partial charge in [-0.05, 0) is 20.3 Å². The maximum absolute atomic E-state index is 11.3. The largest absolute Gasteiger partial charge is 0.368 e. The lowest BCUT2D eigenvalue weighted by Gasteiger charge is -2.26. The van der Waals surface area contributed by atoms with Crippen molar-refractivity contribution in [2.24, 2.45) is 5.84 Å². The lowest BCUT2D eigenvalue weighted by Crippen LogP contribution is -2.48. The molecule has 9 heteroatoms. The Labute approximate surface area is 119 Å². The van der Waals surface area contributed by atoms with Crippen LogP contribution in [0.4, 0.5) is 11.6 Å². The SMILES string of the molecule is CCc1c(NN)ncnc1NCC(C)(C)NS(C)(=O)=O. The van der Waals surface area contributed by atoms with Crippen molar-refractivity contribution in [3.63, 3.8) is 0 Å². The molecule has 0 aliphatic heterocycles. The summed E-state index contributed by atoms with van der Waals surface area (Å²) >= 11 is 0. The molecule has 1 aromatic rings. The number of sulfonamides is 1. The van der Waals surface area contributed by atoms with Crippen LogP contribution in [0.1, 0.15) is 26.3 Å². The number of anilines is 2. The second-order valence-corrected chi connectivity index (χ2v) is 6.91. The number of nitrogens with one attached hydrogen (secondary N) is 3. The number of hydrazine groups is 1. The molecule has 20 heavy (non-hydrogen) atoms. The first kappa shape index (κ1) is 16.6. The number of aromatic nitrogens is 2. The molecule has 0 aromatic carbocycles. The summed E-state index contributed by atoms with van der Waals surface area (Å²) in [7, 11) is -3.27. The highest BCUT2D eigenvalue weighted by molar-refractivity contribution is 7.88. The Hall–Kier alpha value is -1.45. The van der Waals surface area contributed by atoms with E-state index >= 15 is 0 Å². The first-order chi connectivity index (χ1) is 9.18. The standard InChI is InChI=1S/C11H22N6O2S/c1-5-8-9(14-7-15-10(8)16-12)13-6-11(2,3)17-20(4,18)19/h7,17H,5-6,12H2,1-4H3,(H2,13,14,15,16). The van der Waals surface area contributed by atoms with Gasteiger partial charge in [0.15, 0.2) is 0 Å². The van der Waals surface area contributed by atoms with Gasteiger partial charge < -0.3 is 10.7 Å². The molecule has 1 heterocycles. The van der Waals surface area contributed by atoms with E-state index in [-0.39, 0.29) is 0 Å². The summed E-state index contributed by atoms with van der Waals surface area (Å²) in [5.41, 5.74) is 2.73. The summed E-state index contributed by atoms with van der Waals surface area (Å²) < 4.78 is 25.1. The molecule has 0 amide bonds. The van der Waals surface area contributed by atoms with Crippen LogP contribution < -0.4 is 21.3 Å². The monoisotopic (exact) mass is 302 g/mol. The number of nitrogens with two attached hydrogens (primary N) is 1. The Morgan fingerprint density at radius 3 is 2.40 bits per heavy atom. The van der Waals surface area contributed by atoms with Crippen molar-refractivity contribution in [1.82, 2.24) is 14.7 Å². The van der Waals surface area contributed by atoms with Gasteiger partial charge in [0.2, 0.25) is 10.0 Å². The number of nitrogen functional groups attached to an aromatic ring is 1. The molecule has 0 bridgehead atoms. The third-order valence-corrected chi connectivity index (χ3v) is 3.52. The van der Waals surface area contributed by atoms with Crippen LogP contribution in [0.15, 0.2) is 6.33 Å². The average molecular weight is 302 g/mol. The second kappa shape index (κ2) is 6.33. The van der Waals surface area contributed by atoms with Crippen molar-refractivity contribution < 1.29 is 8.42 Å². The van der Waals surface area contributed by atoms with Crippen LogP contribution in [0.2, 0.25) is 0 Å². The van der Waals surface area contributed by atoms with E-state index in [9.17, 15) is 8.42 Å². The molecule has 0 saturated carbocycles. The van der Waals surface area contributed by atoms with Gasteiger partial charge >= 0.3 is 0 Å². The van der Waals surface area contributed by atoms with Gasteiger partial charge in [-0.25, -0.2) is 29.0 Å². The summed E-state index contributed by atoms with van der Waals surface area (Å²) in [6, 6.07) is 0. The van der Waals surface area contributed by atoms with Crippen LogP contribution in [-0.2, 0) is 16.4 Å². The van der Waals surface area contributed by atoms with Crippen molar-refractivity contribution in [3.05, 3.63) is 11.9 Å². The van der Waals surface area contributed by atoms with Crippen LogP contribution in [-0.4, -0.2) is 36.7 Å². The zero-order valence-electron chi connectivity index (χ0n) is 12.2. The zero-order valence-corrected chi connectivity index (χ0v) is 13.0. The number of nitrogens with zero attached hydrogens (tertiary/aromatic N) is 2. The quantitative estimate of drug-likeness (QED) is 0.415. The first-order valence-electron chi connectivity index (χ1n) is 6.22. The van der Waals surface area contributed by atoms with Gasteiger partial charge in [0.1, 0.15) is 18.0 Å². The van der Waals surface area contributed by atoms with Crippen molar-refractivity contribution in [2.45, 2.75) is 32.7 Å². The van der Waals surface area contributed by atoms with Gasteiger partial charge in [-0.15, -0.1) is 0 Å². The van der Waals surface area contributed by atoms with Crippen LogP contribution in [0, 0.1) is 0 Å². The third-order valence-electron chi connectivity index (χ3n) is 2.60. The van der Waals surface area contributed by atoms with Gasteiger partial charge in [-0.2, -0.15) is 0 Å². The fourth-order valence-electron chi connectivity index (χ4n) is 1.87. The van der Waals surface area contributed by atoms with E-state index in [1.807, 2.05) is 6.92 Å². The molecular weight excluding hydrogens is 280 g/mol. The second-order valence-electron chi connectivity index (χ2n) is 5.16. The van der Waals surface area contributed by atoms with Gasteiger partial charge in [0, 0.05) is 17.6 Å².